The Kier molecular flexibility index (Phi) is 9.64. The molecule has 4 aromatic rings. The first-order valence-corrected chi connectivity index (χ1v) is 12.9. The van der Waals surface area contributed by atoms with Gasteiger partial charge in [0.15, 0.2) is 11.3 Å². The number of nitrogens with two attached hydrogens (primary N) is 2. The number of fused-ring (bicyclic) bond motifs is 2. The number of aromatic nitrogens is 8. The summed E-state index contributed by atoms with van der Waals surface area (Å²) in [5, 5.41) is 20.2. The van der Waals surface area contributed by atoms with Crippen molar-refractivity contribution in [3.8, 4) is 0 Å². The summed E-state index contributed by atoms with van der Waals surface area (Å²) in [5.41, 5.74) is 2.50. The number of halogens is 14. The molecule has 0 bridgehead atoms. The zero-order chi connectivity index (χ0) is 33.7. The third kappa shape index (κ3) is 6.74. The molecule has 5 heterocycles. The van der Waals surface area contributed by atoms with Crippen molar-refractivity contribution in [2.75, 3.05) is 18.1 Å². The Bertz CT molecular complexity index is 1600. The molecule has 1 saturated heterocycles. The summed E-state index contributed by atoms with van der Waals surface area (Å²) in [4.78, 5) is 14.9. The highest BCUT2D eigenvalue weighted by molar-refractivity contribution is 14.1. The lowest BCUT2D eigenvalue weighted by molar-refractivity contribution is -0.372. The van der Waals surface area contributed by atoms with Gasteiger partial charge in [-0.2, -0.15) is 62.9 Å². The molecule has 5 rings (SSSR count). The number of hydrogen-bond acceptors (Lipinski definition) is 10. The molecule has 0 saturated carbocycles. The second kappa shape index (κ2) is 11.9. The maximum Gasteiger partial charge on any atom is 0.428 e. The Balaban J connectivity index is 0.000000200. The molecule has 1 aliphatic rings. The maximum absolute atomic E-state index is 12.7. The van der Waals surface area contributed by atoms with Crippen molar-refractivity contribution in [1.29, 1.82) is 0 Å². The number of nitrogen functional groups attached to an aromatic ring is 2. The van der Waals surface area contributed by atoms with Gasteiger partial charge in [-0.1, -0.05) is 0 Å². The summed E-state index contributed by atoms with van der Waals surface area (Å²) in [7, 11) is 0. The SMILES string of the molecule is FC(F)(F)C1(C(F)(F)F)CO1.Nc1ncnc2c1c(I)nn2CC(O)(C(F)(F)F)C(F)(F)F.Nc1ncnc2n[nH]c(I)c12. The number of hydrogen-bond donors (Lipinski definition) is 4. The molecule has 0 aliphatic carbocycles. The average molecular weight is 882 g/mol. The standard InChI is InChI=1S/C9H6F6IN5O.C5H4IN5.C4H2F6O/c10-8(11,12)7(22,9(13,14)15)1-21-6-3(4(16)20-21)5(17)18-2-19-6;6-3-2-4(7)8-1-9-5(2)11-10-3;5-3(6,7)2(1-11-2)4(8,9)10/h2,22H,1H2,(H2,17,18,19);1H,(H3,7,8,9,10,11);1H2. The molecule has 0 unspecified atom stereocenters. The number of ether oxygens (including phenoxy) is 1. The highest BCUT2D eigenvalue weighted by Gasteiger charge is 2.80. The van der Waals surface area contributed by atoms with Crippen LogP contribution in [0.5, 0.6) is 0 Å². The van der Waals surface area contributed by atoms with E-state index in [1.807, 2.05) is 0 Å². The van der Waals surface area contributed by atoms with E-state index in [2.05, 4.69) is 62.6 Å². The minimum atomic E-state index is -5.95. The summed E-state index contributed by atoms with van der Waals surface area (Å²) in [6, 6.07) is 0. The van der Waals surface area contributed by atoms with Crippen molar-refractivity contribution in [1.82, 2.24) is 39.9 Å². The highest BCUT2D eigenvalue weighted by Crippen LogP contribution is 2.53. The van der Waals surface area contributed by atoms with Gasteiger partial charge in [-0.3, -0.25) is 5.10 Å². The summed E-state index contributed by atoms with van der Waals surface area (Å²) >= 11 is 3.66. The molecule has 0 amide bonds. The number of aliphatic hydroxyl groups is 1. The van der Waals surface area contributed by atoms with Crippen molar-refractivity contribution in [3.05, 3.63) is 20.1 Å². The molecule has 0 spiro atoms. The highest BCUT2D eigenvalue weighted by atomic mass is 127. The molecule has 44 heavy (non-hydrogen) atoms. The third-order valence-electron chi connectivity index (χ3n) is 5.52. The van der Waals surface area contributed by atoms with Gasteiger partial charge in [0.05, 0.1) is 23.9 Å². The van der Waals surface area contributed by atoms with Crippen LogP contribution in [0.15, 0.2) is 12.7 Å². The van der Waals surface area contributed by atoms with Crippen LogP contribution in [0, 0.1) is 7.40 Å². The summed E-state index contributed by atoms with van der Waals surface area (Å²) < 4.78 is 150. The van der Waals surface area contributed by atoms with Gasteiger partial charge in [-0.05, 0) is 45.2 Å². The topological polar surface area (TPSA) is 183 Å². The first-order valence-electron chi connectivity index (χ1n) is 10.7. The predicted molar refractivity (Wildman–Crippen MR) is 139 cm³/mol. The molecule has 1 aliphatic heterocycles. The van der Waals surface area contributed by atoms with Crippen LogP contribution in [0.25, 0.3) is 22.1 Å². The van der Waals surface area contributed by atoms with E-state index < -0.39 is 49.1 Å². The summed E-state index contributed by atoms with van der Waals surface area (Å²) in [5.74, 6) is 0.316. The third-order valence-corrected chi connectivity index (χ3v) is 7.05. The second-order valence-electron chi connectivity index (χ2n) is 8.37. The number of epoxide rings is 1. The molecule has 1 fully saturated rings. The van der Waals surface area contributed by atoms with E-state index in [9.17, 15) is 57.8 Å². The quantitative estimate of drug-likeness (QED) is 0.129. The zero-order valence-corrected chi connectivity index (χ0v) is 24.8. The summed E-state index contributed by atoms with van der Waals surface area (Å²) in [6.45, 7) is -3.23. The lowest BCUT2D eigenvalue weighted by atomic mass is 10.0. The van der Waals surface area contributed by atoms with Crippen LogP contribution in [0.2, 0.25) is 0 Å². The van der Waals surface area contributed by atoms with Crippen LogP contribution in [-0.4, -0.2) is 87.5 Å². The predicted octanol–water partition coefficient (Wildman–Crippen LogP) is 4.29. The van der Waals surface area contributed by atoms with Crippen molar-refractivity contribution in [2.24, 2.45) is 0 Å². The Morgan fingerprint density at radius 3 is 1.73 bits per heavy atom. The first-order chi connectivity index (χ1) is 19.9. The van der Waals surface area contributed by atoms with E-state index in [0.717, 1.165) is 15.4 Å². The van der Waals surface area contributed by atoms with Crippen molar-refractivity contribution >= 4 is 78.9 Å². The average Bonchev–Trinajstić information content (AvgIpc) is 3.54. The van der Waals surface area contributed by atoms with Crippen LogP contribution in [-0.2, 0) is 11.3 Å². The Hall–Kier alpha value is -2.76. The van der Waals surface area contributed by atoms with E-state index in [0.29, 0.717) is 16.1 Å². The van der Waals surface area contributed by atoms with Gasteiger partial charge in [0.2, 0.25) is 0 Å². The summed E-state index contributed by atoms with van der Waals surface area (Å²) in [6.07, 6.45) is -20.3. The van der Waals surface area contributed by atoms with Gasteiger partial charge in [-0.15, -0.1) is 0 Å². The van der Waals surface area contributed by atoms with Crippen LogP contribution in [0.3, 0.4) is 0 Å². The van der Waals surface area contributed by atoms with Crippen LogP contribution < -0.4 is 11.5 Å². The molecular weight excluding hydrogens is 870 g/mol. The van der Waals surface area contributed by atoms with Crippen LogP contribution >= 0.6 is 45.2 Å². The van der Waals surface area contributed by atoms with E-state index in [4.69, 9.17) is 11.5 Å². The fourth-order valence-electron chi connectivity index (χ4n) is 3.06. The number of anilines is 2. The lowest BCUT2D eigenvalue weighted by Crippen LogP contribution is -2.59. The van der Waals surface area contributed by atoms with E-state index in [-0.39, 0.29) is 20.6 Å². The Morgan fingerprint density at radius 1 is 0.841 bits per heavy atom. The van der Waals surface area contributed by atoms with Gasteiger partial charge < -0.3 is 21.3 Å². The van der Waals surface area contributed by atoms with E-state index in [1.165, 1.54) is 6.33 Å². The van der Waals surface area contributed by atoms with Gasteiger partial charge in [0.1, 0.15) is 31.7 Å². The molecule has 26 heteroatoms. The molecule has 4 aromatic heterocycles. The number of nitrogens with zero attached hydrogens (tertiary/aromatic N) is 7. The maximum atomic E-state index is 12.7. The van der Waals surface area contributed by atoms with Gasteiger partial charge >= 0.3 is 24.7 Å². The van der Waals surface area contributed by atoms with Crippen molar-refractivity contribution < 1.29 is 62.5 Å². The minimum absolute atomic E-state index is 0.00907. The largest absolute Gasteiger partial charge is 0.428 e. The monoisotopic (exact) mass is 882 g/mol. The molecule has 6 N–H and O–H groups in total. The number of H-pyrrole nitrogens is 1. The molecule has 244 valence electrons. The first kappa shape index (κ1) is 35.7. The molecule has 12 nitrogen and oxygen atoms in total. The van der Waals surface area contributed by atoms with E-state index >= 15 is 0 Å². The van der Waals surface area contributed by atoms with Crippen LogP contribution in [0.1, 0.15) is 0 Å². The van der Waals surface area contributed by atoms with Crippen molar-refractivity contribution in [3.63, 3.8) is 0 Å². The molecule has 0 aromatic carbocycles. The number of rotatable bonds is 2. The molecular formula is C18H12F12I2N10O2. The van der Waals surface area contributed by atoms with Crippen molar-refractivity contribution in [2.45, 2.75) is 42.5 Å². The fraction of sp³-hybridized carbons (Fsp3) is 0.444. The van der Waals surface area contributed by atoms with Gasteiger partial charge in [-0.25, -0.2) is 24.6 Å². The molecule has 0 radical (unpaired) electrons. The van der Waals surface area contributed by atoms with E-state index in [1.54, 1.807) is 22.6 Å². The van der Waals surface area contributed by atoms with Gasteiger partial charge in [0.25, 0.3) is 11.2 Å². The van der Waals surface area contributed by atoms with Crippen LogP contribution in [0.4, 0.5) is 64.3 Å². The lowest BCUT2D eigenvalue weighted by Gasteiger charge is -2.32. The number of aromatic amines is 1. The Morgan fingerprint density at radius 2 is 1.32 bits per heavy atom. The number of alkyl halides is 12. The zero-order valence-electron chi connectivity index (χ0n) is 20.5. The second-order valence-corrected chi connectivity index (χ2v) is 10.5. The number of nitrogens with one attached hydrogen (secondary N) is 1. The Labute approximate surface area is 261 Å². The minimum Gasteiger partial charge on any atom is -0.383 e. The normalized spacial score (nSPS) is 15.4. The van der Waals surface area contributed by atoms with Gasteiger partial charge in [0, 0.05) is 0 Å². The molecule has 0 atom stereocenters. The fourth-order valence-corrected chi connectivity index (χ4v) is 4.47. The smallest absolute Gasteiger partial charge is 0.383 e.